The SMILES string of the molecule is COC(=O)c1ccc(N)c(Nc2ccccc2Cl)n1. The lowest BCUT2D eigenvalue weighted by molar-refractivity contribution is 0.0594. The standard InChI is InChI=1S/C13H12ClN3O2/c1-19-13(18)11-7-6-9(15)12(17-11)16-10-5-3-2-4-8(10)14/h2-7H,15H2,1H3,(H,16,17). The highest BCUT2D eigenvalue weighted by Gasteiger charge is 2.11. The van der Waals surface area contributed by atoms with Crippen LogP contribution in [0.15, 0.2) is 36.4 Å². The van der Waals surface area contributed by atoms with Crippen molar-refractivity contribution < 1.29 is 9.53 Å². The van der Waals surface area contributed by atoms with E-state index in [0.717, 1.165) is 0 Å². The summed E-state index contributed by atoms with van der Waals surface area (Å²) in [6, 6.07) is 10.2. The molecular weight excluding hydrogens is 266 g/mol. The molecule has 0 aliphatic heterocycles. The van der Waals surface area contributed by atoms with E-state index in [1.54, 1.807) is 18.2 Å². The monoisotopic (exact) mass is 277 g/mol. The molecule has 0 atom stereocenters. The van der Waals surface area contributed by atoms with E-state index in [2.05, 4.69) is 15.0 Å². The van der Waals surface area contributed by atoms with Gasteiger partial charge in [-0.25, -0.2) is 9.78 Å². The predicted molar refractivity (Wildman–Crippen MR) is 74.7 cm³/mol. The largest absolute Gasteiger partial charge is 0.464 e. The van der Waals surface area contributed by atoms with Crippen LogP contribution in [-0.4, -0.2) is 18.1 Å². The van der Waals surface area contributed by atoms with Crippen molar-refractivity contribution in [3.63, 3.8) is 0 Å². The van der Waals surface area contributed by atoms with E-state index in [9.17, 15) is 4.79 Å². The third-order valence-corrected chi connectivity index (χ3v) is 2.78. The average molecular weight is 278 g/mol. The minimum absolute atomic E-state index is 0.172. The van der Waals surface area contributed by atoms with E-state index in [1.165, 1.54) is 13.2 Å². The number of nitrogen functional groups attached to an aromatic ring is 1. The molecule has 1 heterocycles. The number of halogens is 1. The van der Waals surface area contributed by atoms with Gasteiger partial charge in [-0.05, 0) is 24.3 Å². The molecule has 1 aromatic heterocycles. The van der Waals surface area contributed by atoms with Crippen LogP contribution in [0.2, 0.25) is 5.02 Å². The summed E-state index contributed by atoms with van der Waals surface area (Å²) in [5.74, 6) is -0.168. The number of anilines is 3. The Bertz CT molecular complexity index is 617. The molecule has 0 radical (unpaired) electrons. The minimum atomic E-state index is -0.526. The van der Waals surface area contributed by atoms with Gasteiger partial charge in [-0.3, -0.25) is 0 Å². The van der Waals surface area contributed by atoms with Gasteiger partial charge in [0.1, 0.15) is 0 Å². The molecule has 3 N–H and O–H groups in total. The number of pyridine rings is 1. The number of benzene rings is 1. The molecule has 0 saturated heterocycles. The Balaban J connectivity index is 2.34. The van der Waals surface area contributed by atoms with Crippen molar-refractivity contribution in [2.75, 3.05) is 18.2 Å². The molecule has 2 aromatic rings. The Morgan fingerprint density at radius 2 is 2.05 bits per heavy atom. The second-order valence-corrected chi connectivity index (χ2v) is 4.14. The maximum absolute atomic E-state index is 11.4. The molecule has 0 saturated carbocycles. The zero-order valence-corrected chi connectivity index (χ0v) is 10.9. The number of hydrogen-bond donors (Lipinski definition) is 2. The van der Waals surface area contributed by atoms with Gasteiger partial charge in [0.2, 0.25) is 0 Å². The highest BCUT2D eigenvalue weighted by atomic mass is 35.5. The second kappa shape index (κ2) is 5.58. The van der Waals surface area contributed by atoms with Crippen LogP contribution in [0.25, 0.3) is 0 Å². The Hall–Kier alpha value is -2.27. The topological polar surface area (TPSA) is 77.2 Å². The quantitative estimate of drug-likeness (QED) is 0.844. The molecule has 0 spiro atoms. The van der Waals surface area contributed by atoms with E-state index in [1.807, 2.05) is 12.1 Å². The van der Waals surface area contributed by atoms with Crippen LogP contribution in [0.1, 0.15) is 10.5 Å². The van der Waals surface area contributed by atoms with Crippen LogP contribution in [0.4, 0.5) is 17.2 Å². The van der Waals surface area contributed by atoms with Gasteiger partial charge in [-0.1, -0.05) is 23.7 Å². The summed E-state index contributed by atoms with van der Waals surface area (Å²) >= 11 is 6.03. The first-order valence-electron chi connectivity index (χ1n) is 5.48. The van der Waals surface area contributed by atoms with E-state index in [4.69, 9.17) is 17.3 Å². The number of ether oxygens (including phenoxy) is 1. The van der Waals surface area contributed by atoms with Gasteiger partial charge in [0, 0.05) is 0 Å². The summed E-state index contributed by atoms with van der Waals surface area (Å²) in [5, 5.41) is 3.52. The fraction of sp³-hybridized carbons (Fsp3) is 0.0769. The smallest absolute Gasteiger partial charge is 0.356 e. The van der Waals surface area contributed by atoms with Gasteiger partial charge >= 0.3 is 5.97 Å². The highest BCUT2D eigenvalue weighted by Crippen LogP contribution is 2.26. The molecule has 0 bridgehead atoms. The number of nitrogens with one attached hydrogen (secondary N) is 1. The van der Waals surface area contributed by atoms with Crippen LogP contribution >= 0.6 is 11.6 Å². The van der Waals surface area contributed by atoms with E-state index in [0.29, 0.717) is 22.2 Å². The van der Waals surface area contributed by atoms with Crippen molar-refractivity contribution in [3.05, 3.63) is 47.1 Å². The molecule has 19 heavy (non-hydrogen) atoms. The van der Waals surface area contributed by atoms with Crippen LogP contribution < -0.4 is 11.1 Å². The van der Waals surface area contributed by atoms with Gasteiger partial charge in [-0.2, -0.15) is 0 Å². The maximum Gasteiger partial charge on any atom is 0.356 e. The Kier molecular flexibility index (Phi) is 3.87. The summed E-state index contributed by atoms with van der Waals surface area (Å²) < 4.78 is 4.61. The first kappa shape index (κ1) is 13.2. The molecular formula is C13H12ClN3O2. The van der Waals surface area contributed by atoms with Crippen molar-refractivity contribution in [3.8, 4) is 0 Å². The van der Waals surface area contributed by atoms with Crippen molar-refractivity contribution >= 4 is 34.8 Å². The molecule has 0 amide bonds. The predicted octanol–water partition coefficient (Wildman–Crippen LogP) is 2.85. The Morgan fingerprint density at radius 1 is 1.32 bits per heavy atom. The number of carbonyl (C=O) groups is 1. The third kappa shape index (κ3) is 2.95. The molecule has 0 aliphatic rings. The molecule has 0 aliphatic carbocycles. The molecule has 6 heteroatoms. The Morgan fingerprint density at radius 3 is 2.74 bits per heavy atom. The number of nitrogens with two attached hydrogens (primary N) is 1. The van der Waals surface area contributed by atoms with Crippen molar-refractivity contribution in [1.29, 1.82) is 0 Å². The highest BCUT2D eigenvalue weighted by molar-refractivity contribution is 6.33. The summed E-state index contributed by atoms with van der Waals surface area (Å²) in [6.07, 6.45) is 0. The van der Waals surface area contributed by atoms with E-state index < -0.39 is 5.97 Å². The van der Waals surface area contributed by atoms with E-state index >= 15 is 0 Å². The molecule has 5 nitrogen and oxygen atoms in total. The number of rotatable bonds is 3. The van der Waals surface area contributed by atoms with Gasteiger partial charge in [0.25, 0.3) is 0 Å². The van der Waals surface area contributed by atoms with Crippen molar-refractivity contribution in [2.45, 2.75) is 0 Å². The lowest BCUT2D eigenvalue weighted by atomic mass is 10.3. The number of hydrogen-bond acceptors (Lipinski definition) is 5. The maximum atomic E-state index is 11.4. The lowest BCUT2D eigenvalue weighted by Gasteiger charge is -2.10. The fourth-order valence-electron chi connectivity index (χ4n) is 1.48. The number of methoxy groups -OCH3 is 1. The van der Waals surface area contributed by atoms with Crippen molar-refractivity contribution in [2.24, 2.45) is 0 Å². The summed E-state index contributed by atoms with van der Waals surface area (Å²) in [6.45, 7) is 0. The number of esters is 1. The van der Waals surface area contributed by atoms with E-state index in [-0.39, 0.29) is 5.69 Å². The molecule has 0 fully saturated rings. The normalized spacial score (nSPS) is 10.0. The number of aromatic nitrogens is 1. The van der Waals surface area contributed by atoms with Crippen LogP contribution in [0, 0.1) is 0 Å². The number of nitrogens with zero attached hydrogens (tertiary/aromatic N) is 1. The third-order valence-electron chi connectivity index (χ3n) is 2.45. The fourth-order valence-corrected chi connectivity index (χ4v) is 1.66. The van der Waals surface area contributed by atoms with Crippen LogP contribution in [-0.2, 0) is 4.74 Å². The summed E-state index contributed by atoms with van der Waals surface area (Å²) in [7, 11) is 1.29. The van der Waals surface area contributed by atoms with Gasteiger partial charge in [0.15, 0.2) is 11.5 Å². The first-order valence-corrected chi connectivity index (χ1v) is 5.86. The first-order chi connectivity index (χ1) is 9.11. The van der Waals surface area contributed by atoms with Gasteiger partial charge < -0.3 is 15.8 Å². The second-order valence-electron chi connectivity index (χ2n) is 3.73. The minimum Gasteiger partial charge on any atom is -0.464 e. The van der Waals surface area contributed by atoms with Crippen molar-refractivity contribution in [1.82, 2.24) is 4.98 Å². The number of para-hydroxylation sites is 1. The van der Waals surface area contributed by atoms with Gasteiger partial charge in [-0.15, -0.1) is 0 Å². The average Bonchev–Trinajstić information content (AvgIpc) is 2.42. The number of carbonyl (C=O) groups excluding carboxylic acids is 1. The van der Waals surface area contributed by atoms with Crippen LogP contribution in [0.3, 0.4) is 0 Å². The van der Waals surface area contributed by atoms with Gasteiger partial charge in [0.05, 0.1) is 23.5 Å². The zero-order chi connectivity index (χ0) is 13.8. The van der Waals surface area contributed by atoms with Crippen LogP contribution in [0.5, 0.6) is 0 Å². The summed E-state index contributed by atoms with van der Waals surface area (Å²) in [5.41, 5.74) is 7.05. The lowest BCUT2D eigenvalue weighted by Crippen LogP contribution is -2.08. The molecule has 2 rings (SSSR count). The molecule has 0 unspecified atom stereocenters. The molecule has 98 valence electrons. The summed E-state index contributed by atoms with van der Waals surface area (Å²) in [4.78, 5) is 15.5. The molecule has 1 aromatic carbocycles. The Labute approximate surface area is 115 Å². The zero-order valence-electron chi connectivity index (χ0n) is 10.2.